The largest absolute Gasteiger partial charge is 0.493 e. The molecule has 0 saturated carbocycles. The monoisotopic (exact) mass is 424 g/mol. The van der Waals surface area contributed by atoms with Crippen LogP contribution in [0, 0.1) is 5.82 Å². The smallest absolute Gasteiger partial charge is 0.439 e. The molecule has 2 N–H and O–H groups in total. The molecule has 4 nitrogen and oxygen atoms in total. The van der Waals surface area contributed by atoms with Crippen molar-refractivity contribution in [2.24, 2.45) is 0 Å². The third-order valence-corrected chi connectivity index (χ3v) is 3.76. The zero-order valence-corrected chi connectivity index (χ0v) is 14.8. The average molecular weight is 424 g/mol. The van der Waals surface area contributed by atoms with E-state index in [0.29, 0.717) is 24.3 Å². The highest BCUT2D eigenvalue weighted by molar-refractivity contribution is 5.97. The van der Waals surface area contributed by atoms with Crippen molar-refractivity contribution in [2.45, 2.75) is 24.9 Å². The minimum absolute atomic E-state index is 0.0296. The van der Waals surface area contributed by atoms with Crippen LogP contribution in [0.15, 0.2) is 48.5 Å². The maximum absolute atomic E-state index is 13.7. The predicted octanol–water partition coefficient (Wildman–Crippen LogP) is 4.89. The molecule has 2 aromatic rings. The van der Waals surface area contributed by atoms with Crippen molar-refractivity contribution in [1.82, 2.24) is 5.32 Å². The van der Waals surface area contributed by atoms with Crippen molar-refractivity contribution in [3.63, 3.8) is 0 Å². The second-order valence-corrected chi connectivity index (χ2v) is 5.76. The molecule has 0 aliphatic heterocycles. The number of amides is 1. The van der Waals surface area contributed by atoms with Crippen molar-refractivity contribution in [1.29, 1.82) is 0 Å². The Morgan fingerprint density at radius 3 is 2.00 bits per heavy atom. The molecule has 2 aromatic carbocycles. The highest BCUT2D eigenvalue weighted by atomic mass is 19.4. The van der Waals surface area contributed by atoms with Crippen molar-refractivity contribution in [3.8, 4) is 5.75 Å². The van der Waals surface area contributed by atoms with Crippen LogP contribution in [-0.2, 0) is 0 Å². The number of hydrogen-bond acceptors (Lipinski definition) is 3. The van der Waals surface area contributed by atoms with E-state index in [1.165, 1.54) is 30.4 Å². The van der Waals surface area contributed by atoms with Gasteiger partial charge in [0.15, 0.2) is 0 Å². The van der Waals surface area contributed by atoms with Crippen LogP contribution in [0.5, 0.6) is 5.75 Å². The van der Waals surface area contributed by atoms with Gasteiger partial charge in [0.1, 0.15) is 11.6 Å². The van der Waals surface area contributed by atoms with Gasteiger partial charge in [-0.1, -0.05) is 12.1 Å². The normalized spacial score (nSPS) is 12.4. The topological polar surface area (TPSA) is 50.4 Å². The summed E-state index contributed by atoms with van der Waals surface area (Å²) in [5, 5.41) is 2.28. The number of anilines is 1. The van der Waals surface area contributed by atoms with Gasteiger partial charge in [0.05, 0.1) is 12.2 Å². The van der Waals surface area contributed by atoms with E-state index in [2.05, 4.69) is 0 Å². The summed E-state index contributed by atoms with van der Waals surface area (Å²) in [5.74, 6) is -2.72. The van der Waals surface area contributed by atoms with Gasteiger partial charge in [-0.3, -0.25) is 4.79 Å². The van der Waals surface area contributed by atoms with Crippen LogP contribution >= 0.6 is 0 Å². The molecule has 0 aliphatic carbocycles. The van der Waals surface area contributed by atoms with E-state index in [9.17, 15) is 35.5 Å². The Bertz CT molecular complexity index is 835. The number of benzene rings is 2. The zero-order valence-electron chi connectivity index (χ0n) is 14.8. The first-order chi connectivity index (χ1) is 13.4. The van der Waals surface area contributed by atoms with E-state index in [1.54, 1.807) is 0 Å². The van der Waals surface area contributed by atoms with Crippen LogP contribution in [0.1, 0.15) is 17.3 Å². The van der Waals surface area contributed by atoms with Gasteiger partial charge in [-0.05, 0) is 43.3 Å². The number of ether oxygens (including phenoxy) is 1. The molecule has 0 bridgehead atoms. The number of carbonyl (C=O) groups is 1. The van der Waals surface area contributed by atoms with Crippen molar-refractivity contribution in [3.05, 3.63) is 59.9 Å². The molecule has 29 heavy (non-hydrogen) atoms. The molecule has 0 atom stereocenters. The van der Waals surface area contributed by atoms with Gasteiger partial charge < -0.3 is 15.4 Å². The molecular formula is C18H15F7N2O2. The van der Waals surface area contributed by atoms with Gasteiger partial charge >= 0.3 is 18.0 Å². The summed E-state index contributed by atoms with van der Waals surface area (Å²) in [4.78, 5) is 12.4. The number of para-hydroxylation sites is 1. The number of rotatable bonds is 6. The summed E-state index contributed by atoms with van der Waals surface area (Å²) < 4.78 is 100. The molecule has 0 heterocycles. The van der Waals surface area contributed by atoms with Gasteiger partial charge in [0.2, 0.25) is 0 Å². The van der Waals surface area contributed by atoms with Crippen LogP contribution in [0.2, 0.25) is 0 Å². The average Bonchev–Trinajstić information content (AvgIpc) is 2.61. The summed E-state index contributed by atoms with van der Waals surface area (Å²) in [6.07, 6.45) is -12.0. The minimum Gasteiger partial charge on any atom is -0.493 e. The Balaban J connectivity index is 2.53. The maximum atomic E-state index is 13.7. The van der Waals surface area contributed by atoms with Crippen LogP contribution in [0.3, 0.4) is 0 Å². The molecule has 0 unspecified atom stereocenters. The molecule has 11 heteroatoms. The van der Waals surface area contributed by atoms with Crippen LogP contribution in [0.25, 0.3) is 0 Å². The minimum atomic E-state index is -6.00. The third kappa shape index (κ3) is 4.72. The Kier molecular flexibility index (Phi) is 6.29. The Hall–Kier alpha value is -2.98. The molecule has 0 fully saturated rings. The summed E-state index contributed by atoms with van der Waals surface area (Å²) in [7, 11) is 0. The van der Waals surface area contributed by atoms with Crippen molar-refractivity contribution in [2.75, 3.05) is 11.9 Å². The van der Waals surface area contributed by atoms with Crippen LogP contribution < -0.4 is 15.4 Å². The number of halogens is 7. The van der Waals surface area contributed by atoms with E-state index in [1.807, 2.05) is 0 Å². The zero-order chi connectivity index (χ0) is 21.9. The predicted molar refractivity (Wildman–Crippen MR) is 89.9 cm³/mol. The Morgan fingerprint density at radius 2 is 1.48 bits per heavy atom. The van der Waals surface area contributed by atoms with Gasteiger partial charge in [0.25, 0.3) is 5.91 Å². The van der Waals surface area contributed by atoms with E-state index in [0.717, 1.165) is 11.4 Å². The fourth-order valence-electron chi connectivity index (χ4n) is 2.40. The number of hydrogen-bond donors (Lipinski definition) is 2. The molecule has 0 radical (unpaired) electrons. The first kappa shape index (κ1) is 22.3. The second kappa shape index (κ2) is 8.18. The number of nitrogens with one attached hydrogen (secondary N) is 2. The molecule has 1 amide bonds. The van der Waals surface area contributed by atoms with Crippen molar-refractivity contribution >= 4 is 11.6 Å². The number of carbonyl (C=O) groups excluding carboxylic acids is 1. The lowest BCUT2D eigenvalue weighted by Crippen LogP contribution is -2.72. The highest BCUT2D eigenvalue weighted by Crippen LogP contribution is 2.44. The van der Waals surface area contributed by atoms with Crippen molar-refractivity contribution < 1.29 is 40.3 Å². The third-order valence-electron chi connectivity index (χ3n) is 3.76. The maximum Gasteiger partial charge on any atom is 0.439 e. The Morgan fingerprint density at radius 1 is 0.931 bits per heavy atom. The van der Waals surface area contributed by atoms with Gasteiger partial charge in [-0.2, -0.15) is 26.3 Å². The fraction of sp³-hybridized carbons (Fsp3) is 0.278. The summed E-state index contributed by atoms with van der Waals surface area (Å²) in [5.41, 5.74) is -6.07. The van der Waals surface area contributed by atoms with E-state index in [4.69, 9.17) is 4.74 Å². The quantitative estimate of drug-likeness (QED) is 0.513. The standard InChI is InChI=1S/C18H15F7N2O2/c1-2-29-14-6-4-3-5-13(14)15(28)27-16(17(20,21)22,18(23,24)25)26-12-9-7-11(19)8-10-12/h3-10,26H,2H2,1H3,(H,27,28). The van der Waals surface area contributed by atoms with E-state index >= 15 is 0 Å². The molecule has 158 valence electrons. The summed E-state index contributed by atoms with van der Waals surface area (Å²) >= 11 is 0. The number of alkyl halides is 6. The molecule has 0 spiro atoms. The molecule has 0 aromatic heterocycles. The Labute approximate surface area is 160 Å². The molecule has 2 rings (SSSR count). The van der Waals surface area contributed by atoms with Gasteiger partial charge in [-0.15, -0.1) is 0 Å². The van der Waals surface area contributed by atoms with Crippen LogP contribution in [-0.4, -0.2) is 30.5 Å². The lowest BCUT2D eigenvalue weighted by Gasteiger charge is -2.39. The lowest BCUT2D eigenvalue weighted by atomic mass is 10.1. The SMILES string of the molecule is CCOc1ccccc1C(=O)NC(Nc1ccc(F)cc1)(C(F)(F)F)C(F)(F)F. The van der Waals surface area contributed by atoms with Gasteiger partial charge in [0, 0.05) is 5.69 Å². The van der Waals surface area contributed by atoms with Gasteiger partial charge in [-0.25, -0.2) is 4.39 Å². The van der Waals surface area contributed by atoms with E-state index in [-0.39, 0.29) is 12.4 Å². The highest BCUT2D eigenvalue weighted by Gasteiger charge is 2.72. The second-order valence-electron chi connectivity index (χ2n) is 5.76. The van der Waals surface area contributed by atoms with E-state index < -0.39 is 41.0 Å². The summed E-state index contributed by atoms with van der Waals surface area (Å²) in [6, 6.07) is 7.62. The summed E-state index contributed by atoms with van der Waals surface area (Å²) in [6.45, 7) is 1.56. The first-order valence-corrected chi connectivity index (χ1v) is 8.13. The van der Waals surface area contributed by atoms with Crippen LogP contribution in [0.4, 0.5) is 36.4 Å². The molecule has 0 aliphatic rings. The molecular weight excluding hydrogens is 409 g/mol. The first-order valence-electron chi connectivity index (χ1n) is 8.13. The lowest BCUT2D eigenvalue weighted by molar-refractivity contribution is -0.294. The fourth-order valence-corrected chi connectivity index (χ4v) is 2.40. The molecule has 0 saturated heterocycles.